The topological polar surface area (TPSA) is 60.3 Å². The largest absolute Gasteiger partial charge is 0.449 e. The number of carbonyl (C=O) groups excluding carboxylic acids is 2. The van der Waals surface area contributed by atoms with Crippen LogP contribution in [0.15, 0.2) is 36.4 Å². The second-order valence-corrected chi connectivity index (χ2v) is 7.04. The van der Waals surface area contributed by atoms with E-state index in [1.54, 1.807) is 6.92 Å². The SMILES string of the molecule is Cc1cc(C(=O)OC(C)C(=O)NCC(C)C)c(C)n1Cc1ccccc1. The van der Waals surface area contributed by atoms with Gasteiger partial charge in [-0.15, -0.1) is 0 Å². The highest BCUT2D eigenvalue weighted by Crippen LogP contribution is 2.18. The third-order valence-corrected chi connectivity index (χ3v) is 4.31. The minimum Gasteiger partial charge on any atom is -0.449 e. The minimum atomic E-state index is -0.821. The zero-order chi connectivity index (χ0) is 19.3. The van der Waals surface area contributed by atoms with Crippen molar-refractivity contribution in [1.29, 1.82) is 0 Å². The number of nitrogens with zero attached hydrogens (tertiary/aromatic N) is 1. The number of amides is 1. The first kappa shape index (κ1) is 19.8. The third kappa shape index (κ3) is 4.97. The highest BCUT2D eigenvalue weighted by molar-refractivity contribution is 5.93. The molecule has 5 heteroatoms. The van der Waals surface area contributed by atoms with Gasteiger partial charge in [0.2, 0.25) is 0 Å². The molecule has 2 aromatic rings. The predicted octanol–water partition coefficient (Wildman–Crippen LogP) is 3.47. The smallest absolute Gasteiger partial charge is 0.340 e. The van der Waals surface area contributed by atoms with Gasteiger partial charge in [0.1, 0.15) is 0 Å². The van der Waals surface area contributed by atoms with Gasteiger partial charge in [0, 0.05) is 24.5 Å². The fraction of sp³-hybridized carbons (Fsp3) is 0.429. The van der Waals surface area contributed by atoms with Gasteiger partial charge >= 0.3 is 5.97 Å². The van der Waals surface area contributed by atoms with Crippen LogP contribution < -0.4 is 5.32 Å². The number of ether oxygens (including phenoxy) is 1. The van der Waals surface area contributed by atoms with E-state index < -0.39 is 12.1 Å². The first-order valence-electron chi connectivity index (χ1n) is 8.99. The molecule has 1 heterocycles. The number of benzene rings is 1. The lowest BCUT2D eigenvalue weighted by molar-refractivity contribution is -0.129. The lowest BCUT2D eigenvalue weighted by atomic mass is 10.2. The van der Waals surface area contributed by atoms with Crippen LogP contribution in [-0.2, 0) is 16.1 Å². The zero-order valence-electron chi connectivity index (χ0n) is 16.2. The number of hydrogen-bond acceptors (Lipinski definition) is 3. The van der Waals surface area contributed by atoms with Crippen molar-refractivity contribution in [2.75, 3.05) is 6.54 Å². The number of aromatic nitrogens is 1. The van der Waals surface area contributed by atoms with Crippen molar-refractivity contribution < 1.29 is 14.3 Å². The van der Waals surface area contributed by atoms with Gasteiger partial charge in [0.25, 0.3) is 5.91 Å². The van der Waals surface area contributed by atoms with Crippen LogP contribution in [0.25, 0.3) is 0 Å². The van der Waals surface area contributed by atoms with Crippen LogP contribution in [0.5, 0.6) is 0 Å². The van der Waals surface area contributed by atoms with Crippen LogP contribution in [0.3, 0.4) is 0 Å². The van der Waals surface area contributed by atoms with Gasteiger partial charge in [-0.2, -0.15) is 0 Å². The number of aryl methyl sites for hydroxylation is 1. The van der Waals surface area contributed by atoms with Crippen molar-refractivity contribution in [2.24, 2.45) is 5.92 Å². The van der Waals surface area contributed by atoms with Crippen LogP contribution in [0.1, 0.15) is 48.1 Å². The Kier molecular flexibility index (Phi) is 6.61. The van der Waals surface area contributed by atoms with Gasteiger partial charge in [0.15, 0.2) is 6.10 Å². The van der Waals surface area contributed by atoms with Crippen molar-refractivity contribution in [3.63, 3.8) is 0 Å². The quantitative estimate of drug-likeness (QED) is 0.773. The van der Waals surface area contributed by atoms with E-state index in [0.717, 1.165) is 17.0 Å². The van der Waals surface area contributed by atoms with Gasteiger partial charge in [-0.05, 0) is 38.3 Å². The third-order valence-electron chi connectivity index (χ3n) is 4.31. The summed E-state index contributed by atoms with van der Waals surface area (Å²) in [4.78, 5) is 24.5. The van der Waals surface area contributed by atoms with E-state index in [0.29, 0.717) is 24.6 Å². The summed E-state index contributed by atoms with van der Waals surface area (Å²) in [6.07, 6.45) is -0.821. The molecule has 2 rings (SSSR count). The molecule has 0 bridgehead atoms. The first-order chi connectivity index (χ1) is 12.3. The molecule has 0 fully saturated rings. The molecule has 0 saturated carbocycles. The molecular formula is C21H28N2O3. The molecule has 0 aliphatic rings. The number of hydrogen-bond donors (Lipinski definition) is 1. The normalized spacial score (nSPS) is 12.1. The van der Waals surface area contributed by atoms with Crippen LogP contribution in [0.4, 0.5) is 0 Å². The van der Waals surface area contributed by atoms with E-state index in [1.165, 1.54) is 0 Å². The molecule has 1 aromatic carbocycles. The van der Waals surface area contributed by atoms with E-state index in [1.807, 2.05) is 52.0 Å². The van der Waals surface area contributed by atoms with E-state index >= 15 is 0 Å². The summed E-state index contributed by atoms with van der Waals surface area (Å²) in [5, 5.41) is 2.78. The molecule has 1 aromatic heterocycles. The standard InChI is InChI=1S/C21H28N2O3/c1-14(2)12-22-20(24)17(5)26-21(25)19-11-15(3)23(16(19)4)13-18-9-7-6-8-10-18/h6-11,14,17H,12-13H2,1-5H3,(H,22,24). The highest BCUT2D eigenvalue weighted by Gasteiger charge is 2.22. The second-order valence-electron chi connectivity index (χ2n) is 7.04. The molecule has 1 N–H and O–H groups in total. The predicted molar refractivity (Wildman–Crippen MR) is 102 cm³/mol. The maximum Gasteiger partial charge on any atom is 0.340 e. The summed E-state index contributed by atoms with van der Waals surface area (Å²) >= 11 is 0. The Balaban J connectivity index is 2.07. The average Bonchev–Trinajstić information content (AvgIpc) is 2.88. The summed E-state index contributed by atoms with van der Waals surface area (Å²) in [6, 6.07) is 11.9. The highest BCUT2D eigenvalue weighted by atomic mass is 16.5. The number of rotatable bonds is 7. The zero-order valence-corrected chi connectivity index (χ0v) is 16.2. The molecule has 26 heavy (non-hydrogen) atoms. The van der Waals surface area contributed by atoms with Crippen LogP contribution in [-0.4, -0.2) is 29.1 Å². The Bertz CT molecular complexity index is 763. The lowest BCUT2D eigenvalue weighted by Gasteiger charge is -2.15. The molecule has 0 radical (unpaired) electrons. The van der Waals surface area contributed by atoms with E-state index in [9.17, 15) is 9.59 Å². The molecule has 0 aliphatic heterocycles. The Morgan fingerprint density at radius 2 is 1.77 bits per heavy atom. The lowest BCUT2D eigenvalue weighted by Crippen LogP contribution is -2.37. The summed E-state index contributed by atoms with van der Waals surface area (Å²) < 4.78 is 7.44. The molecule has 0 saturated heterocycles. The van der Waals surface area contributed by atoms with Gasteiger partial charge in [-0.1, -0.05) is 44.2 Å². The van der Waals surface area contributed by atoms with Gasteiger partial charge < -0.3 is 14.6 Å². The molecule has 1 amide bonds. The first-order valence-corrected chi connectivity index (χ1v) is 8.99. The van der Waals surface area contributed by atoms with Crippen LogP contribution in [0.2, 0.25) is 0 Å². The average molecular weight is 356 g/mol. The van der Waals surface area contributed by atoms with Gasteiger partial charge in [0.05, 0.1) is 5.56 Å². The minimum absolute atomic E-state index is 0.273. The molecular weight excluding hydrogens is 328 g/mol. The van der Waals surface area contributed by atoms with Crippen LogP contribution >= 0.6 is 0 Å². The number of nitrogens with one attached hydrogen (secondary N) is 1. The fourth-order valence-electron chi connectivity index (χ4n) is 2.74. The van der Waals surface area contributed by atoms with Crippen molar-refractivity contribution in [2.45, 2.75) is 47.3 Å². The summed E-state index contributed by atoms with van der Waals surface area (Å²) in [7, 11) is 0. The summed E-state index contributed by atoms with van der Waals surface area (Å²) in [6.45, 7) is 10.7. The Morgan fingerprint density at radius 3 is 2.38 bits per heavy atom. The Morgan fingerprint density at radius 1 is 1.12 bits per heavy atom. The molecule has 140 valence electrons. The van der Waals surface area contributed by atoms with Crippen molar-refractivity contribution >= 4 is 11.9 Å². The Labute approximate surface area is 155 Å². The number of carbonyl (C=O) groups is 2. The van der Waals surface area contributed by atoms with E-state index in [2.05, 4.69) is 22.0 Å². The van der Waals surface area contributed by atoms with Gasteiger partial charge in [-0.3, -0.25) is 4.79 Å². The second kappa shape index (κ2) is 8.70. The monoisotopic (exact) mass is 356 g/mol. The Hall–Kier alpha value is -2.56. The summed E-state index contributed by atoms with van der Waals surface area (Å²) in [5.74, 6) is -0.395. The molecule has 1 atom stereocenters. The van der Waals surface area contributed by atoms with Crippen LogP contribution in [0, 0.1) is 19.8 Å². The maximum atomic E-state index is 12.5. The van der Waals surface area contributed by atoms with Crippen molar-refractivity contribution in [3.05, 3.63) is 58.9 Å². The molecule has 1 unspecified atom stereocenters. The van der Waals surface area contributed by atoms with E-state index in [4.69, 9.17) is 4.74 Å². The fourth-order valence-corrected chi connectivity index (χ4v) is 2.74. The van der Waals surface area contributed by atoms with Crippen molar-refractivity contribution in [1.82, 2.24) is 9.88 Å². The summed E-state index contributed by atoms with van der Waals surface area (Å²) in [5.41, 5.74) is 3.49. The van der Waals surface area contributed by atoms with Crippen molar-refractivity contribution in [3.8, 4) is 0 Å². The molecule has 5 nitrogen and oxygen atoms in total. The molecule has 0 aliphatic carbocycles. The molecule has 0 spiro atoms. The maximum absolute atomic E-state index is 12.5. The number of esters is 1. The van der Waals surface area contributed by atoms with E-state index in [-0.39, 0.29) is 5.91 Å². The van der Waals surface area contributed by atoms with Gasteiger partial charge in [-0.25, -0.2) is 4.79 Å².